The van der Waals surface area contributed by atoms with Crippen LogP contribution in [0, 0.1) is 5.92 Å². The Morgan fingerprint density at radius 3 is 2.00 bits per heavy atom. The minimum absolute atomic E-state index is 0.250. The number of hydrogen-bond donors (Lipinski definition) is 0. The van der Waals surface area contributed by atoms with Crippen molar-refractivity contribution in [1.82, 2.24) is 0 Å². The second-order valence-electron chi connectivity index (χ2n) is 4.80. The molecule has 0 aliphatic rings. The summed E-state index contributed by atoms with van der Waals surface area (Å²) in [6, 6.07) is 8.00. The third-order valence-electron chi connectivity index (χ3n) is 2.49. The minimum atomic E-state index is 0.250. The number of hydrogen-bond acceptors (Lipinski definition) is 1. The van der Waals surface area contributed by atoms with Crippen LogP contribution in [0.25, 0.3) is 0 Å². The molecule has 0 unspecified atom stereocenters. The van der Waals surface area contributed by atoms with Gasteiger partial charge >= 0.3 is 0 Å². The van der Waals surface area contributed by atoms with E-state index in [2.05, 4.69) is 39.8 Å². The summed E-state index contributed by atoms with van der Waals surface area (Å²) in [7, 11) is 0. The summed E-state index contributed by atoms with van der Waals surface area (Å²) in [5.41, 5.74) is 2.13. The fourth-order valence-corrected chi connectivity index (χ4v) is 1.54. The lowest BCUT2D eigenvalue weighted by molar-refractivity contribution is 0.0968. The van der Waals surface area contributed by atoms with Crippen molar-refractivity contribution in [3.63, 3.8) is 0 Å². The maximum atomic E-state index is 11.7. The Balaban J connectivity index is 2.75. The molecular weight excluding hydrogens is 184 g/mol. The smallest absolute Gasteiger partial charge is 0.163 e. The summed E-state index contributed by atoms with van der Waals surface area (Å²) in [6.07, 6.45) is 0.640. The molecule has 0 saturated heterocycles. The van der Waals surface area contributed by atoms with Gasteiger partial charge in [0.25, 0.3) is 0 Å². The largest absolute Gasteiger partial charge is 0.294 e. The number of ketones is 1. The van der Waals surface area contributed by atoms with E-state index in [4.69, 9.17) is 0 Å². The molecule has 0 aliphatic heterocycles. The Morgan fingerprint density at radius 2 is 1.60 bits per heavy atom. The molecule has 0 spiro atoms. The molecule has 0 bridgehead atoms. The van der Waals surface area contributed by atoms with Crippen molar-refractivity contribution in [1.29, 1.82) is 0 Å². The number of carbonyl (C=O) groups excluding carboxylic acids is 1. The lowest BCUT2D eigenvalue weighted by Crippen LogP contribution is -2.03. The summed E-state index contributed by atoms with van der Waals surface area (Å²) in [5.74, 6) is 1.21. The van der Waals surface area contributed by atoms with Gasteiger partial charge in [0.05, 0.1) is 0 Å². The van der Waals surface area contributed by atoms with Crippen LogP contribution in [0.2, 0.25) is 0 Å². The first-order chi connectivity index (χ1) is 7.00. The van der Waals surface area contributed by atoms with Gasteiger partial charge in [-0.05, 0) is 17.4 Å². The van der Waals surface area contributed by atoms with Gasteiger partial charge in [-0.1, -0.05) is 52.0 Å². The van der Waals surface area contributed by atoms with Crippen LogP contribution in [0.4, 0.5) is 0 Å². The van der Waals surface area contributed by atoms with E-state index in [1.165, 1.54) is 5.56 Å². The van der Waals surface area contributed by atoms with Crippen LogP contribution in [0.3, 0.4) is 0 Å². The van der Waals surface area contributed by atoms with Crippen LogP contribution in [-0.4, -0.2) is 5.78 Å². The normalized spacial score (nSPS) is 11.1. The molecule has 1 nitrogen and oxygen atoms in total. The van der Waals surface area contributed by atoms with E-state index >= 15 is 0 Å². The maximum Gasteiger partial charge on any atom is 0.163 e. The molecule has 0 saturated carbocycles. The predicted octanol–water partition coefficient (Wildman–Crippen LogP) is 4.04. The zero-order chi connectivity index (χ0) is 11.4. The van der Waals surface area contributed by atoms with Crippen molar-refractivity contribution in [2.24, 2.45) is 5.92 Å². The third-order valence-corrected chi connectivity index (χ3v) is 2.49. The molecular formula is C14H20O. The van der Waals surface area contributed by atoms with Gasteiger partial charge in [-0.3, -0.25) is 4.79 Å². The molecule has 0 heterocycles. The van der Waals surface area contributed by atoms with Gasteiger partial charge in [0.15, 0.2) is 5.78 Å². The Labute approximate surface area is 92.5 Å². The molecule has 82 valence electrons. The summed E-state index contributed by atoms with van der Waals surface area (Å²) in [4.78, 5) is 11.7. The van der Waals surface area contributed by atoms with Gasteiger partial charge < -0.3 is 0 Å². The SMILES string of the molecule is CC(C)CC(=O)c1ccc(C(C)C)cc1. The second kappa shape index (κ2) is 5.11. The van der Waals surface area contributed by atoms with Gasteiger partial charge in [-0.2, -0.15) is 0 Å². The molecule has 1 rings (SSSR count). The van der Waals surface area contributed by atoms with Crippen molar-refractivity contribution in [2.45, 2.75) is 40.0 Å². The van der Waals surface area contributed by atoms with Gasteiger partial charge in [-0.15, -0.1) is 0 Å². The Bertz CT molecular complexity index is 320. The van der Waals surface area contributed by atoms with Crippen molar-refractivity contribution in [2.75, 3.05) is 0 Å². The van der Waals surface area contributed by atoms with Crippen LogP contribution in [0.1, 0.15) is 56.0 Å². The summed E-state index contributed by atoms with van der Waals surface area (Å²) >= 11 is 0. The topological polar surface area (TPSA) is 17.1 Å². The molecule has 0 aliphatic carbocycles. The van der Waals surface area contributed by atoms with Crippen LogP contribution >= 0.6 is 0 Å². The van der Waals surface area contributed by atoms with Crippen LogP contribution in [-0.2, 0) is 0 Å². The molecule has 1 aromatic carbocycles. The third kappa shape index (κ3) is 3.50. The number of carbonyl (C=O) groups is 1. The standard InChI is InChI=1S/C14H20O/c1-10(2)9-14(15)13-7-5-12(6-8-13)11(3)4/h5-8,10-11H,9H2,1-4H3. The average Bonchev–Trinajstić information content (AvgIpc) is 2.17. The highest BCUT2D eigenvalue weighted by molar-refractivity contribution is 5.96. The molecule has 1 heteroatoms. The van der Waals surface area contributed by atoms with E-state index in [9.17, 15) is 4.79 Å². The van der Waals surface area contributed by atoms with Crippen LogP contribution < -0.4 is 0 Å². The van der Waals surface area contributed by atoms with Crippen molar-refractivity contribution in [3.8, 4) is 0 Å². The van der Waals surface area contributed by atoms with Crippen molar-refractivity contribution < 1.29 is 4.79 Å². The molecule has 0 fully saturated rings. The number of Topliss-reactive ketones (excluding diaryl/α,β-unsaturated/α-hetero) is 1. The van der Waals surface area contributed by atoms with Gasteiger partial charge in [0.2, 0.25) is 0 Å². The molecule has 0 amide bonds. The average molecular weight is 204 g/mol. The minimum Gasteiger partial charge on any atom is -0.294 e. The number of benzene rings is 1. The lowest BCUT2D eigenvalue weighted by Gasteiger charge is -2.07. The highest BCUT2D eigenvalue weighted by Gasteiger charge is 2.08. The highest BCUT2D eigenvalue weighted by Crippen LogP contribution is 2.16. The molecule has 0 N–H and O–H groups in total. The molecule has 0 radical (unpaired) electrons. The summed E-state index contributed by atoms with van der Waals surface area (Å²) < 4.78 is 0. The fraction of sp³-hybridized carbons (Fsp3) is 0.500. The van der Waals surface area contributed by atoms with E-state index in [0.717, 1.165) is 5.56 Å². The Morgan fingerprint density at radius 1 is 1.07 bits per heavy atom. The molecule has 15 heavy (non-hydrogen) atoms. The molecule has 1 aromatic rings. The first kappa shape index (κ1) is 12.0. The quantitative estimate of drug-likeness (QED) is 0.676. The van der Waals surface area contributed by atoms with Gasteiger partial charge in [0.1, 0.15) is 0 Å². The summed E-state index contributed by atoms with van der Waals surface area (Å²) in [5, 5.41) is 0. The van der Waals surface area contributed by atoms with Crippen molar-refractivity contribution in [3.05, 3.63) is 35.4 Å². The summed E-state index contributed by atoms with van der Waals surface area (Å²) in [6.45, 7) is 8.46. The Kier molecular flexibility index (Phi) is 4.07. The molecule has 0 atom stereocenters. The second-order valence-corrected chi connectivity index (χ2v) is 4.80. The first-order valence-corrected chi connectivity index (χ1v) is 5.64. The van der Waals surface area contributed by atoms with Crippen molar-refractivity contribution >= 4 is 5.78 Å². The number of rotatable bonds is 4. The van der Waals surface area contributed by atoms with E-state index in [-0.39, 0.29) is 5.78 Å². The van der Waals surface area contributed by atoms with E-state index in [1.54, 1.807) is 0 Å². The first-order valence-electron chi connectivity index (χ1n) is 5.64. The highest BCUT2D eigenvalue weighted by atomic mass is 16.1. The van der Waals surface area contributed by atoms with Gasteiger partial charge in [-0.25, -0.2) is 0 Å². The predicted molar refractivity (Wildman–Crippen MR) is 64.3 cm³/mol. The zero-order valence-electron chi connectivity index (χ0n) is 10.1. The van der Waals surface area contributed by atoms with E-state index < -0.39 is 0 Å². The fourth-order valence-electron chi connectivity index (χ4n) is 1.54. The lowest BCUT2D eigenvalue weighted by atomic mass is 9.97. The molecule has 0 aromatic heterocycles. The van der Waals surface area contributed by atoms with Crippen LogP contribution in [0.15, 0.2) is 24.3 Å². The van der Waals surface area contributed by atoms with Gasteiger partial charge in [0, 0.05) is 12.0 Å². The van der Waals surface area contributed by atoms with Crippen LogP contribution in [0.5, 0.6) is 0 Å². The maximum absolute atomic E-state index is 11.7. The Hall–Kier alpha value is -1.11. The monoisotopic (exact) mass is 204 g/mol. The van der Waals surface area contributed by atoms with E-state index in [1.807, 2.05) is 12.1 Å². The van der Waals surface area contributed by atoms with E-state index in [0.29, 0.717) is 18.3 Å². The zero-order valence-corrected chi connectivity index (χ0v) is 10.1.